The lowest BCUT2D eigenvalue weighted by molar-refractivity contribution is 0.0686. The van der Waals surface area contributed by atoms with Gasteiger partial charge in [0, 0.05) is 18.7 Å². The molecule has 3 aliphatic rings. The third-order valence-electron chi connectivity index (χ3n) is 4.79. The summed E-state index contributed by atoms with van der Waals surface area (Å²) in [6.07, 6.45) is 14.8. The predicted octanol–water partition coefficient (Wildman–Crippen LogP) is 2.54. The van der Waals surface area contributed by atoms with E-state index in [1.165, 1.54) is 24.4 Å². The van der Waals surface area contributed by atoms with Gasteiger partial charge in [0.25, 0.3) is 0 Å². The first kappa shape index (κ1) is 16.5. The summed E-state index contributed by atoms with van der Waals surface area (Å²) < 4.78 is 11.0. The van der Waals surface area contributed by atoms with Crippen LogP contribution in [-0.4, -0.2) is 38.5 Å². The lowest BCUT2D eigenvalue weighted by Crippen LogP contribution is -2.43. The molecular formula is C19H19N3O4. The molecule has 3 heterocycles. The van der Waals surface area contributed by atoms with Gasteiger partial charge in [-0.2, -0.15) is 0 Å². The molecule has 7 heteroatoms. The van der Waals surface area contributed by atoms with Crippen LogP contribution in [-0.2, 0) is 22.4 Å². The predicted molar refractivity (Wildman–Crippen MR) is 92.7 cm³/mol. The highest BCUT2D eigenvalue weighted by molar-refractivity contribution is 5.87. The highest BCUT2D eigenvalue weighted by atomic mass is 16.5. The standard InChI is InChI=1S/C19H19N3O4/c23-19(24)17-14-6-7-22(10-15(14)20-12-21-17)18(13-4-2-1-3-5-13)16-11-25-8-9-26-16/h1-2,4,8-9,11-12,18H,3,5-7,10H2,(H,23,24). The van der Waals surface area contributed by atoms with Crippen molar-refractivity contribution in [2.45, 2.75) is 31.8 Å². The van der Waals surface area contributed by atoms with E-state index >= 15 is 0 Å². The molecule has 0 radical (unpaired) electrons. The molecule has 1 aromatic rings. The first-order valence-electron chi connectivity index (χ1n) is 8.57. The summed E-state index contributed by atoms with van der Waals surface area (Å²) >= 11 is 0. The summed E-state index contributed by atoms with van der Waals surface area (Å²) in [5, 5.41) is 9.35. The van der Waals surface area contributed by atoms with Crippen LogP contribution in [0.15, 0.2) is 54.7 Å². The van der Waals surface area contributed by atoms with Gasteiger partial charge >= 0.3 is 5.97 Å². The lowest BCUT2D eigenvalue weighted by atomic mass is 9.92. The van der Waals surface area contributed by atoms with Crippen molar-refractivity contribution in [1.82, 2.24) is 14.9 Å². The van der Waals surface area contributed by atoms with Crippen LogP contribution in [0, 0.1) is 0 Å². The number of hydrogen-bond donors (Lipinski definition) is 1. The number of fused-ring (bicyclic) bond motifs is 1. The zero-order valence-electron chi connectivity index (χ0n) is 14.2. The van der Waals surface area contributed by atoms with Crippen LogP contribution in [0.3, 0.4) is 0 Å². The molecule has 1 N–H and O–H groups in total. The Kier molecular flexibility index (Phi) is 4.53. The van der Waals surface area contributed by atoms with Gasteiger partial charge in [0.1, 0.15) is 25.1 Å². The number of carboxylic acid groups (broad SMARTS) is 1. The molecule has 1 atom stereocenters. The summed E-state index contributed by atoms with van der Waals surface area (Å²) in [6, 6.07) is -0.0682. The quantitative estimate of drug-likeness (QED) is 0.890. The summed E-state index contributed by atoms with van der Waals surface area (Å²) in [7, 11) is 0. The topological polar surface area (TPSA) is 84.8 Å². The fourth-order valence-corrected chi connectivity index (χ4v) is 3.63. The Bertz CT molecular complexity index is 841. The maximum Gasteiger partial charge on any atom is 0.354 e. The SMILES string of the molecule is O=C(O)c1ncnc2c1CCN(C(C1=CC=CCC1)C1=COC=CO1)C2. The Hall–Kier alpha value is -2.93. The number of ether oxygens (including phenoxy) is 2. The monoisotopic (exact) mass is 353 g/mol. The average Bonchev–Trinajstić information content (AvgIpc) is 2.69. The van der Waals surface area contributed by atoms with E-state index in [0.717, 1.165) is 29.9 Å². The smallest absolute Gasteiger partial charge is 0.354 e. The first-order chi connectivity index (χ1) is 12.7. The molecule has 1 aliphatic carbocycles. The lowest BCUT2D eigenvalue weighted by Gasteiger charge is -2.37. The van der Waals surface area contributed by atoms with Gasteiger partial charge in [-0.25, -0.2) is 14.8 Å². The molecular weight excluding hydrogens is 334 g/mol. The molecule has 4 rings (SSSR count). The molecule has 0 spiro atoms. The zero-order valence-corrected chi connectivity index (χ0v) is 14.2. The second kappa shape index (κ2) is 7.13. The van der Waals surface area contributed by atoms with Crippen molar-refractivity contribution in [1.29, 1.82) is 0 Å². The Balaban J connectivity index is 1.66. The van der Waals surface area contributed by atoms with Crippen LogP contribution < -0.4 is 0 Å². The molecule has 134 valence electrons. The first-order valence-corrected chi connectivity index (χ1v) is 8.57. The van der Waals surface area contributed by atoms with E-state index in [0.29, 0.717) is 19.5 Å². The van der Waals surface area contributed by atoms with Crippen molar-refractivity contribution in [3.8, 4) is 0 Å². The number of rotatable bonds is 4. The maximum absolute atomic E-state index is 11.4. The van der Waals surface area contributed by atoms with E-state index in [2.05, 4.69) is 33.1 Å². The molecule has 0 bridgehead atoms. The summed E-state index contributed by atoms with van der Waals surface area (Å²) in [5.41, 5.74) is 2.83. The normalized spacial score (nSPS) is 20.3. The Morgan fingerprint density at radius 3 is 2.92 bits per heavy atom. The Labute approximate surface area is 151 Å². The number of aromatic nitrogens is 2. The van der Waals surface area contributed by atoms with E-state index in [9.17, 15) is 9.90 Å². The van der Waals surface area contributed by atoms with Crippen LogP contribution in [0.5, 0.6) is 0 Å². The molecule has 7 nitrogen and oxygen atoms in total. The summed E-state index contributed by atoms with van der Waals surface area (Å²) in [5.74, 6) is -0.282. The maximum atomic E-state index is 11.4. The molecule has 2 aliphatic heterocycles. The number of carbonyl (C=O) groups is 1. The van der Waals surface area contributed by atoms with Crippen molar-refractivity contribution in [2.75, 3.05) is 6.54 Å². The van der Waals surface area contributed by atoms with Crippen molar-refractivity contribution in [2.24, 2.45) is 0 Å². The van der Waals surface area contributed by atoms with E-state index in [4.69, 9.17) is 9.47 Å². The molecule has 0 aromatic carbocycles. The van der Waals surface area contributed by atoms with Gasteiger partial charge in [-0.05, 0) is 24.8 Å². The molecule has 1 unspecified atom stereocenters. The minimum atomic E-state index is -1.01. The van der Waals surface area contributed by atoms with Gasteiger partial charge in [-0.15, -0.1) is 0 Å². The minimum absolute atomic E-state index is 0.0682. The van der Waals surface area contributed by atoms with E-state index < -0.39 is 5.97 Å². The van der Waals surface area contributed by atoms with Crippen LogP contribution in [0.4, 0.5) is 0 Å². The highest BCUT2D eigenvalue weighted by Gasteiger charge is 2.33. The number of carboxylic acids is 1. The third-order valence-corrected chi connectivity index (χ3v) is 4.79. The van der Waals surface area contributed by atoms with E-state index in [1.54, 1.807) is 6.26 Å². The minimum Gasteiger partial charge on any atom is -0.477 e. The Morgan fingerprint density at radius 1 is 1.27 bits per heavy atom. The van der Waals surface area contributed by atoms with Crippen LogP contribution in [0.2, 0.25) is 0 Å². The van der Waals surface area contributed by atoms with Crippen molar-refractivity contribution >= 4 is 5.97 Å². The largest absolute Gasteiger partial charge is 0.477 e. The van der Waals surface area contributed by atoms with Gasteiger partial charge in [0.15, 0.2) is 11.5 Å². The van der Waals surface area contributed by atoms with Crippen molar-refractivity contribution < 1.29 is 19.4 Å². The highest BCUT2D eigenvalue weighted by Crippen LogP contribution is 2.31. The van der Waals surface area contributed by atoms with Gasteiger partial charge in [-0.1, -0.05) is 18.2 Å². The van der Waals surface area contributed by atoms with Crippen LogP contribution >= 0.6 is 0 Å². The van der Waals surface area contributed by atoms with Gasteiger partial charge in [0.05, 0.1) is 11.7 Å². The molecule has 0 amide bonds. The summed E-state index contributed by atoms with van der Waals surface area (Å²) in [6.45, 7) is 1.23. The van der Waals surface area contributed by atoms with Gasteiger partial charge < -0.3 is 14.6 Å². The van der Waals surface area contributed by atoms with Gasteiger partial charge in [-0.3, -0.25) is 4.90 Å². The number of allylic oxidation sites excluding steroid dienone is 3. The second-order valence-electron chi connectivity index (χ2n) is 6.33. The van der Waals surface area contributed by atoms with Crippen molar-refractivity contribution in [3.05, 3.63) is 71.6 Å². The molecule has 0 saturated carbocycles. The molecule has 26 heavy (non-hydrogen) atoms. The number of aromatic carboxylic acids is 1. The number of hydrogen-bond acceptors (Lipinski definition) is 6. The second-order valence-corrected chi connectivity index (χ2v) is 6.33. The fraction of sp³-hybridized carbons (Fsp3) is 0.316. The third kappa shape index (κ3) is 3.13. The van der Waals surface area contributed by atoms with Gasteiger partial charge in [0.2, 0.25) is 0 Å². The van der Waals surface area contributed by atoms with E-state index in [1.807, 2.05) is 0 Å². The Morgan fingerprint density at radius 2 is 2.19 bits per heavy atom. The average molecular weight is 353 g/mol. The number of nitrogens with zero attached hydrogens (tertiary/aromatic N) is 3. The van der Waals surface area contributed by atoms with Crippen molar-refractivity contribution in [3.63, 3.8) is 0 Å². The molecule has 1 aromatic heterocycles. The molecule has 0 saturated heterocycles. The summed E-state index contributed by atoms with van der Waals surface area (Å²) in [4.78, 5) is 21.9. The fourth-order valence-electron chi connectivity index (χ4n) is 3.63. The zero-order chi connectivity index (χ0) is 17.9. The van der Waals surface area contributed by atoms with Crippen LogP contribution in [0.1, 0.15) is 34.6 Å². The van der Waals surface area contributed by atoms with E-state index in [-0.39, 0.29) is 11.7 Å². The van der Waals surface area contributed by atoms with Crippen LogP contribution in [0.25, 0.3) is 0 Å². The molecule has 0 fully saturated rings.